The van der Waals surface area contributed by atoms with E-state index < -0.39 is 48.2 Å². The molecule has 4 N–H and O–H groups in total. The van der Waals surface area contributed by atoms with Crippen molar-refractivity contribution in [1.29, 1.82) is 0 Å². The van der Waals surface area contributed by atoms with Gasteiger partial charge in [0.05, 0.1) is 18.7 Å². The smallest absolute Gasteiger partial charge is 0.340 e. The molecule has 0 radical (unpaired) electrons. The van der Waals surface area contributed by atoms with Crippen LogP contribution >= 0.6 is 0 Å². The Labute approximate surface area is 272 Å². The number of Topliss-reactive ketones (excluding diaryl/α,β-unsaturated/α-hetero) is 1. The summed E-state index contributed by atoms with van der Waals surface area (Å²) in [5.74, 6) is -2.48. The summed E-state index contributed by atoms with van der Waals surface area (Å²) < 4.78 is 10.7. The Morgan fingerprint density at radius 2 is 1.89 bits per heavy atom. The zero-order valence-electron chi connectivity index (χ0n) is 27.0. The summed E-state index contributed by atoms with van der Waals surface area (Å²) in [5.41, 5.74) is 1.73. The number of H-pyrrole nitrogens is 1. The number of aromatic nitrogens is 2. The molecule has 1 aliphatic heterocycles. The van der Waals surface area contributed by atoms with Crippen LogP contribution in [0.4, 0.5) is 0 Å². The summed E-state index contributed by atoms with van der Waals surface area (Å²) in [6.45, 7) is 7.82. The van der Waals surface area contributed by atoms with Gasteiger partial charge >= 0.3 is 5.97 Å². The molecule has 3 atom stereocenters. The van der Waals surface area contributed by atoms with E-state index in [9.17, 15) is 24.0 Å². The molecular formula is C34H49N5O7. The van der Waals surface area contributed by atoms with E-state index in [4.69, 9.17) is 9.47 Å². The lowest BCUT2D eigenvalue weighted by molar-refractivity contribution is -0.132. The van der Waals surface area contributed by atoms with Crippen molar-refractivity contribution in [3.63, 3.8) is 0 Å². The third kappa shape index (κ3) is 8.49. The summed E-state index contributed by atoms with van der Waals surface area (Å²) in [4.78, 5) is 72.9. The van der Waals surface area contributed by atoms with Gasteiger partial charge in [-0.05, 0) is 56.0 Å². The fourth-order valence-electron chi connectivity index (χ4n) is 5.39. The van der Waals surface area contributed by atoms with Crippen molar-refractivity contribution in [3.8, 4) is 5.75 Å². The molecule has 12 heteroatoms. The second kappa shape index (κ2) is 15.0. The minimum atomic E-state index is -1.12. The number of hydrogen-bond acceptors (Lipinski definition) is 8. The van der Waals surface area contributed by atoms with E-state index in [0.717, 1.165) is 17.5 Å². The Bertz CT molecular complexity index is 1590. The van der Waals surface area contributed by atoms with E-state index in [0.29, 0.717) is 37.1 Å². The molecular weight excluding hydrogens is 590 g/mol. The van der Waals surface area contributed by atoms with Crippen LogP contribution in [0.1, 0.15) is 90.6 Å². The third-order valence-electron chi connectivity index (χ3n) is 8.03. The number of nitrogens with zero attached hydrogens (tertiary/aromatic N) is 1. The SMILES string of the molecule is CCC[C@H](NC(=O)c1cc2c(OC)cccc2[nH]1)C(=O)N[C@@H](C[C@@H]1CCCNC1=O)C(=O)COC(=O)c1ccc(C(C)(C)C)nc1.[HH].[HH].[HH]. The van der Waals surface area contributed by atoms with Crippen molar-refractivity contribution < 1.29 is 37.7 Å². The Kier molecular flexibility index (Phi) is 11.2. The number of rotatable bonds is 13. The normalized spacial score (nSPS) is 16.2. The van der Waals surface area contributed by atoms with Crippen LogP contribution in [0.2, 0.25) is 0 Å². The first kappa shape index (κ1) is 34.1. The number of methoxy groups -OCH3 is 1. The van der Waals surface area contributed by atoms with Crippen LogP contribution in [0, 0.1) is 5.92 Å². The largest absolute Gasteiger partial charge is 0.496 e. The van der Waals surface area contributed by atoms with E-state index in [1.165, 1.54) is 6.20 Å². The van der Waals surface area contributed by atoms with Gasteiger partial charge in [0.1, 0.15) is 17.5 Å². The van der Waals surface area contributed by atoms with Crippen molar-refractivity contribution in [3.05, 3.63) is 59.5 Å². The lowest BCUT2D eigenvalue weighted by atomic mass is 9.90. The van der Waals surface area contributed by atoms with Crippen LogP contribution in [0.3, 0.4) is 0 Å². The highest BCUT2D eigenvalue weighted by atomic mass is 16.5. The molecule has 2 aromatic heterocycles. The van der Waals surface area contributed by atoms with Gasteiger partial charge in [0.25, 0.3) is 5.91 Å². The number of ether oxygens (including phenoxy) is 2. The first-order chi connectivity index (χ1) is 21.9. The topological polar surface area (TPSA) is 169 Å². The molecule has 3 aromatic rings. The number of piperidine rings is 1. The molecule has 1 aromatic carbocycles. The van der Waals surface area contributed by atoms with Crippen LogP contribution < -0.4 is 20.7 Å². The Hall–Kier alpha value is -4.74. The van der Waals surface area contributed by atoms with E-state index in [2.05, 4.69) is 25.9 Å². The summed E-state index contributed by atoms with van der Waals surface area (Å²) in [6, 6.07) is 8.29. The van der Waals surface area contributed by atoms with Gasteiger partial charge in [0.15, 0.2) is 12.4 Å². The number of pyridine rings is 1. The first-order valence-corrected chi connectivity index (χ1v) is 15.6. The van der Waals surface area contributed by atoms with Gasteiger partial charge in [0, 0.05) is 45.0 Å². The molecule has 46 heavy (non-hydrogen) atoms. The fourth-order valence-corrected chi connectivity index (χ4v) is 5.39. The molecule has 4 rings (SSSR count). The predicted octanol–water partition coefficient (Wildman–Crippen LogP) is 4.33. The van der Waals surface area contributed by atoms with Crippen molar-refractivity contribution in [2.24, 2.45) is 5.92 Å². The lowest BCUT2D eigenvalue weighted by Gasteiger charge is -2.27. The maximum atomic E-state index is 13.6. The first-order valence-electron chi connectivity index (χ1n) is 15.6. The van der Waals surface area contributed by atoms with Crippen LogP contribution in [-0.2, 0) is 24.5 Å². The molecule has 1 fully saturated rings. The van der Waals surface area contributed by atoms with Crippen molar-refractivity contribution in [2.75, 3.05) is 20.3 Å². The van der Waals surface area contributed by atoms with Crippen LogP contribution in [0.25, 0.3) is 10.9 Å². The molecule has 3 heterocycles. The highest BCUT2D eigenvalue weighted by molar-refractivity contribution is 6.02. The van der Waals surface area contributed by atoms with Gasteiger partial charge in [-0.25, -0.2) is 4.79 Å². The van der Waals surface area contributed by atoms with E-state index >= 15 is 0 Å². The summed E-state index contributed by atoms with van der Waals surface area (Å²) in [5, 5.41) is 9.03. The standard InChI is InChI=1S/C34H43N5O7.3H2/c1-6-9-24(38-32(43)26-17-22-23(37-26)11-7-12-28(22)45-5)31(42)39-25(16-20-10-8-15-35-30(20)41)27(40)19-46-33(44)21-13-14-29(36-18-21)34(2,3)4;;;/h7,11-14,17-18,20,24-25,37H,6,8-10,15-16,19H2,1-5H3,(H,35,41)(H,38,43)(H,39,42);3*1H/t20-,24-,25-;;;/m0.../s1. The molecule has 12 nitrogen and oxygen atoms in total. The number of nitrogens with one attached hydrogen (secondary N) is 4. The van der Waals surface area contributed by atoms with Crippen LogP contribution in [0.5, 0.6) is 5.75 Å². The number of fused-ring (bicyclic) bond motifs is 1. The van der Waals surface area contributed by atoms with Gasteiger partial charge in [-0.3, -0.25) is 24.2 Å². The highest BCUT2D eigenvalue weighted by Crippen LogP contribution is 2.26. The maximum Gasteiger partial charge on any atom is 0.340 e. The zero-order chi connectivity index (χ0) is 33.4. The number of carbonyl (C=O) groups excluding carboxylic acids is 5. The van der Waals surface area contributed by atoms with Gasteiger partial charge in [-0.1, -0.05) is 40.2 Å². The molecule has 0 bridgehead atoms. The van der Waals surface area contributed by atoms with Gasteiger partial charge < -0.3 is 30.4 Å². The fraction of sp³-hybridized carbons (Fsp3) is 0.471. The van der Waals surface area contributed by atoms with E-state index in [1.54, 1.807) is 37.4 Å². The zero-order valence-corrected chi connectivity index (χ0v) is 27.0. The van der Waals surface area contributed by atoms with Gasteiger partial charge in [-0.2, -0.15) is 0 Å². The molecule has 252 valence electrons. The molecule has 3 amide bonds. The van der Waals surface area contributed by atoms with Gasteiger partial charge in [0.2, 0.25) is 11.8 Å². The molecule has 0 saturated carbocycles. The van der Waals surface area contributed by atoms with Gasteiger partial charge in [-0.15, -0.1) is 0 Å². The minimum absolute atomic E-state index is 0. The molecule has 0 unspecified atom stereocenters. The summed E-state index contributed by atoms with van der Waals surface area (Å²) in [6.07, 6.45) is 3.60. The Balaban J connectivity index is 0.00000400. The lowest BCUT2D eigenvalue weighted by Crippen LogP contribution is -2.53. The number of amides is 3. The van der Waals surface area contributed by atoms with Crippen LogP contribution in [-0.4, -0.2) is 71.8 Å². The number of ketones is 1. The van der Waals surface area contributed by atoms with E-state index in [1.807, 2.05) is 33.8 Å². The number of benzene rings is 1. The van der Waals surface area contributed by atoms with Crippen LogP contribution in [0.15, 0.2) is 42.6 Å². The quantitative estimate of drug-likeness (QED) is 0.200. The minimum Gasteiger partial charge on any atom is -0.496 e. The second-order valence-corrected chi connectivity index (χ2v) is 12.6. The average Bonchev–Trinajstić information content (AvgIpc) is 3.48. The monoisotopic (exact) mass is 639 g/mol. The second-order valence-electron chi connectivity index (χ2n) is 12.6. The number of esters is 1. The third-order valence-corrected chi connectivity index (χ3v) is 8.03. The summed E-state index contributed by atoms with van der Waals surface area (Å²) >= 11 is 0. The van der Waals surface area contributed by atoms with E-state index in [-0.39, 0.29) is 33.3 Å². The molecule has 1 saturated heterocycles. The molecule has 0 spiro atoms. The number of aromatic amines is 1. The Morgan fingerprint density at radius 3 is 2.54 bits per heavy atom. The number of hydrogen-bond donors (Lipinski definition) is 4. The number of carbonyl (C=O) groups is 5. The predicted molar refractivity (Wildman–Crippen MR) is 178 cm³/mol. The van der Waals surface area contributed by atoms with Crippen molar-refractivity contribution in [2.45, 2.75) is 77.3 Å². The average molecular weight is 640 g/mol. The highest BCUT2D eigenvalue weighted by Gasteiger charge is 2.33. The van der Waals surface area contributed by atoms with Crippen molar-refractivity contribution >= 4 is 40.4 Å². The van der Waals surface area contributed by atoms with Crippen molar-refractivity contribution in [1.82, 2.24) is 25.9 Å². The maximum absolute atomic E-state index is 13.6. The molecule has 1 aliphatic rings. The summed E-state index contributed by atoms with van der Waals surface area (Å²) in [7, 11) is 1.54. The molecule has 0 aliphatic carbocycles. The Morgan fingerprint density at radius 1 is 1.11 bits per heavy atom.